The van der Waals surface area contributed by atoms with Gasteiger partial charge in [0.25, 0.3) is 0 Å². The van der Waals surface area contributed by atoms with Gasteiger partial charge in [-0.1, -0.05) is 6.92 Å². The SMILES string of the molecule is CCCN(CC(=O)OC)C(=O)C1CCCS1. The van der Waals surface area contributed by atoms with Gasteiger partial charge in [0, 0.05) is 6.54 Å². The highest BCUT2D eigenvalue weighted by molar-refractivity contribution is 8.00. The van der Waals surface area contributed by atoms with E-state index >= 15 is 0 Å². The molecule has 0 saturated carbocycles. The van der Waals surface area contributed by atoms with Crippen molar-refractivity contribution in [3.63, 3.8) is 0 Å². The molecule has 0 radical (unpaired) electrons. The van der Waals surface area contributed by atoms with Gasteiger partial charge in [0.2, 0.25) is 5.91 Å². The van der Waals surface area contributed by atoms with Crippen LogP contribution in [0.3, 0.4) is 0 Å². The largest absolute Gasteiger partial charge is 0.468 e. The second-order valence-electron chi connectivity index (χ2n) is 3.84. The van der Waals surface area contributed by atoms with Gasteiger partial charge in [-0.25, -0.2) is 0 Å². The number of esters is 1. The lowest BCUT2D eigenvalue weighted by molar-refractivity contribution is -0.146. The van der Waals surface area contributed by atoms with Crippen molar-refractivity contribution in [1.82, 2.24) is 4.90 Å². The summed E-state index contributed by atoms with van der Waals surface area (Å²) in [6, 6.07) is 0. The Morgan fingerprint density at radius 3 is 2.75 bits per heavy atom. The topological polar surface area (TPSA) is 46.6 Å². The smallest absolute Gasteiger partial charge is 0.325 e. The molecule has 1 unspecified atom stereocenters. The normalized spacial score (nSPS) is 19.5. The summed E-state index contributed by atoms with van der Waals surface area (Å²) in [5.41, 5.74) is 0. The van der Waals surface area contributed by atoms with Gasteiger partial charge in [0.15, 0.2) is 0 Å². The number of ether oxygens (including phenoxy) is 1. The Hall–Kier alpha value is -0.710. The molecular formula is C11H19NO3S. The number of hydrogen-bond donors (Lipinski definition) is 0. The summed E-state index contributed by atoms with van der Waals surface area (Å²) >= 11 is 1.70. The maximum Gasteiger partial charge on any atom is 0.325 e. The molecule has 0 N–H and O–H groups in total. The first-order valence-electron chi connectivity index (χ1n) is 5.66. The summed E-state index contributed by atoms with van der Waals surface area (Å²) in [5, 5.41) is 0.0520. The molecule has 1 amide bonds. The molecule has 1 fully saturated rings. The van der Waals surface area contributed by atoms with E-state index in [-0.39, 0.29) is 23.7 Å². The van der Waals surface area contributed by atoms with Gasteiger partial charge in [0.1, 0.15) is 6.54 Å². The monoisotopic (exact) mass is 245 g/mol. The summed E-state index contributed by atoms with van der Waals surface area (Å²) in [4.78, 5) is 24.9. The molecule has 0 aromatic heterocycles. The van der Waals surface area contributed by atoms with Gasteiger partial charge in [-0.3, -0.25) is 9.59 Å². The Balaban J connectivity index is 2.53. The summed E-state index contributed by atoms with van der Waals surface area (Å²) in [6.07, 6.45) is 2.89. The van der Waals surface area contributed by atoms with Crippen LogP contribution in [-0.2, 0) is 14.3 Å². The third kappa shape index (κ3) is 3.70. The number of nitrogens with zero attached hydrogens (tertiary/aromatic N) is 1. The van der Waals surface area contributed by atoms with E-state index in [0.717, 1.165) is 25.0 Å². The zero-order valence-corrected chi connectivity index (χ0v) is 10.7. The van der Waals surface area contributed by atoms with Crippen molar-refractivity contribution in [2.24, 2.45) is 0 Å². The van der Waals surface area contributed by atoms with E-state index in [1.54, 1.807) is 16.7 Å². The fraction of sp³-hybridized carbons (Fsp3) is 0.818. The molecule has 16 heavy (non-hydrogen) atoms. The Labute approximate surface area is 101 Å². The van der Waals surface area contributed by atoms with Gasteiger partial charge < -0.3 is 9.64 Å². The lowest BCUT2D eigenvalue weighted by Gasteiger charge is -2.23. The first kappa shape index (κ1) is 13.4. The molecule has 1 saturated heterocycles. The minimum Gasteiger partial charge on any atom is -0.468 e. The molecule has 5 heteroatoms. The van der Waals surface area contributed by atoms with Crippen LogP contribution in [0.15, 0.2) is 0 Å². The minimum absolute atomic E-state index is 0.0520. The quantitative estimate of drug-likeness (QED) is 0.685. The molecule has 1 aliphatic heterocycles. The molecule has 1 aliphatic rings. The molecule has 1 heterocycles. The Morgan fingerprint density at radius 2 is 2.25 bits per heavy atom. The maximum absolute atomic E-state index is 12.1. The van der Waals surface area contributed by atoms with Crippen LogP contribution in [0.1, 0.15) is 26.2 Å². The van der Waals surface area contributed by atoms with E-state index < -0.39 is 0 Å². The fourth-order valence-corrected chi connectivity index (χ4v) is 2.98. The van der Waals surface area contributed by atoms with Crippen LogP contribution >= 0.6 is 11.8 Å². The number of methoxy groups -OCH3 is 1. The number of carbonyl (C=O) groups excluding carboxylic acids is 2. The van der Waals surface area contributed by atoms with Crippen LogP contribution in [0, 0.1) is 0 Å². The summed E-state index contributed by atoms with van der Waals surface area (Å²) in [5.74, 6) is 0.800. The van der Waals surface area contributed by atoms with Crippen LogP contribution in [0.25, 0.3) is 0 Å². The van der Waals surface area contributed by atoms with Crippen molar-refractivity contribution in [3.05, 3.63) is 0 Å². The Kier molecular flexibility index (Phi) is 5.66. The average Bonchev–Trinajstić information content (AvgIpc) is 2.80. The highest BCUT2D eigenvalue weighted by atomic mass is 32.2. The van der Waals surface area contributed by atoms with E-state index in [1.807, 2.05) is 6.92 Å². The van der Waals surface area contributed by atoms with E-state index in [2.05, 4.69) is 4.74 Å². The second kappa shape index (κ2) is 6.78. The van der Waals surface area contributed by atoms with Crippen LogP contribution in [0.4, 0.5) is 0 Å². The van der Waals surface area contributed by atoms with Gasteiger partial charge in [-0.05, 0) is 25.0 Å². The van der Waals surface area contributed by atoms with Crippen molar-refractivity contribution in [1.29, 1.82) is 0 Å². The van der Waals surface area contributed by atoms with Gasteiger partial charge >= 0.3 is 5.97 Å². The van der Waals surface area contributed by atoms with Crippen LogP contribution in [-0.4, -0.2) is 48.0 Å². The Morgan fingerprint density at radius 1 is 1.50 bits per heavy atom. The molecule has 0 spiro atoms. The standard InChI is InChI=1S/C11H19NO3S/c1-3-6-12(8-10(13)15-2)11(14)9-5-4-7-16-9/h9H,3-8H2,1-2H3. The number of thioether (sulfide) groups is 1. The summed E-state index contributed by atoms with van der Waals surface area (Å²) in [7, 11) is 1.35. The molecule has 4 nitrogen and oxygen atoms in total. The Bertz CT molecular complexity index is 252. The molecule has 0 aromatic carbocycles. The molecule has 92 valence electrons. The molecule has 0 aliphatic carbocycles. The molecular weight excluding hydrogens is 226 g/mol. The molecule has 1 rings (SSSR count). The highest BCUT2D eigenvalue weighted by Crippen LogP contribution is 2.27. The molecule has 1 atom stereocenters. The van der Waals surface area contributed by atoms with Gasteiger partial charge in [-0.15, -0.1) is 11.8 Å². The predicted octanol–water partition coefficient (Wildman–Crippen LogP) is 1.29. The number of carbonyl (C=O) groups is 2. The maximum atomic E-state index is 12.1. The van der Waals surface area contributed by atoms with Crippen molar-refractivity contribution in [2.75, 3.05) is 26.0 Å². The average molecular weight is 245 g/mol. The second-order valence-corrected chi connectivity index (χ2v) is 5.15. The van der Waals surface area contributed by atoms with Crippen molar-refractivity contribution in [3.8, 4) is 0 Å². The third-order valence-corrected chi connectivity index (χ3v) is 3.92. The van der Waals surface area contributed by atoms with E-state index in [0.29, 0.717) is 6.54 Å². The highest BCUT2D eigenvalue weighted by Gasteiger charge is 2.28. The van der Waals surface area contributed by atoms with Crippen LogP contribution in [0.2, 0.25) is 0 Å². The fourth-order valence-electron chi connectivity index (χ4n) is 1.73. The zero-order valence-electron chi connectivity index (χ0n) is 9.90. The lowest BCUT2D eigenvalue weighted by atomic mass is 10.2. The number of rotatable bonds is 5. The summed E-state index contributed by atoms with van der Waals surface area (Å²) in [6.45, 7) is 2.71. The molecule has 0 bridgehead atoms. The predicted molar refractivity (Wildman–Crippen MR) is 64.4 cm³/mol. The first-order chi connectivity index (χ1) is 7.69. The zero-order chi connectivity index (χ0) is 12.0. The van der Waals surface area contributed by atoms with Crippen LogP contribution in [0.5, 0.6) is 0 Å². The van der Waals surface area contributed by atoms with E-state index in [4.69, 9.17) is 0 Å². The minimum atomic E-state index is -0.343. The number of amides is 1. The lowest BCUT2D eigenvalue weighted by Crippen LogP contribution is -2.41. The molecule has 0 aromatic rings. The van der Waals surface area contributed by atoms with Gasteiger partial charge in [0.05, 0.1) is 12.4 Å². The van der Waals surface area contributed by atoms with E-state index in [9.17, 15) is 9.59 Å². The number of hydrogen-bond acceptors (Lipinski definition) is 4. The van der Waals surface area contributed by atoms with Crippen molar-refractivity contribution < 1.29 is 14.3 Å². The first-order valence-corrected chi connectivity index (χ1v) is 6.71. The third-order valence-electron chi connectivity index (χ3n) is 2.56. The summed E-state index contributed by atoms with van der Waals surface area (Å²) < 4.78 is 4.60. The van der Waals surface area contributed by atoms with Crippen molar-refractivity contribution >= 4 is 23.6 Å². The van der Waals surface area contributed by atoms with Crippen LogP contribution < -0.4 is 0 Å². The van der Waals surface area contributed by atoms with E-state index in [1.165, 1.54) is 7.11 Å². The van der Waals surface area contributed by atoms with Gasteiger partial charge in [-0.2, -0.15) is 0 Å². The van der Waals surface area contributed by atoms with Crippen molar-refractivity contribution in [2.45, 2.75) is 31.4 Å².